The van der Waals surface area contributed by atoms with E-state index in [0.717, 1.165) is 22.5 Å². The van der Waals surface area contributed by atoms with Crippen molar-refractivity contribution >= 4 is 32.3 Å². The number of nitrogens with zero attached hydrogens (tertiary/aromatic N) is 2. The smallest absolute Gasteiger partial charge is 0.0725 e. The van der Waals surface area contributed by atoms with Crippen molar-refractivity contribution in [1.82, 2.24) is 9.97 Å². The molecular weight excluding hydrogens is 556 g/mol. The SMILES string of the molecule is CC(C)(C)c1ccc(-c2c3ccccc3c(-c3ccc4ccc(-c5cccc(-c6cccnc6)n5)cc4c3)c3ccccc23)cc1. The zero-order chi connectivity index (χ0) is 31.3. The lowest BCUT2D eigenvalue weighted by atomic mass is 9.83. The number of hydrogen-bond donors (Lipinski definition) is 0. The first kappa shape index (κ1) is 27.9. The molecule has 2 heterocycles. The lowest BCUT2D eigenvalue weighted by molar-refractivity contribution is 0.590. The largest absolute Gasteiger partial charge is 0.264 e. The molecule has 0 aliphatic carbocycles. The lowest BCUT2D eigenvalue weighted by Gasteiger charge is -2.21. The molecule has 0 saturated carbocycles. The fraction of sp³-hybridized carbons (Fsp3) is 0.0909. The first-order chi connectivity index (χ1) is 22.4. The molecule has 2 aromatic heterocycles. The van der Waals surface area contributed by atoms with Crippen LogP contribution in [-0.2, 0) is 5.41 Å². The van der Waals surface area contributed by atoms with Crippen LogP contribution in [0.1, 0.15) is 26.3 Å². The third kappa shape index (κ3) is 4.93. The average molecular weight is 591 g/mol. The summed E-state index contributed by atoms with van der Waals surface area (Å²) >= 11 is 0. The van der Waals surface area contributed by atoms with Gasteiger partial charge in [0, 0.05) is 23.5 Å². The van der Waals surface area contributed by atoms with Crippen LogP contribution < -0.4 is 0 Å². The van der Waals surface area contributed by atoms with E-state index in [9.17, 15) is 0 Å². The van der Waals surface area contributed by atoms with Gasteiger partial charge in [-0.3, -0.25) is 4.98 Å². The van der Waals surface area contributed by atoms with Crippen LogP contribution in [0.15, 0.2) is 152 Å². The maximum Gasteiger partial charge on any atom is 0.0725 e. The van der Waals surface area contributed by atoms with Crippen molar-refractivity contribution in [3.8, 4) is 44.8 Å². The van der Waals surface area contributed by atoms with Crippen LogP contribution in [0.2, 0.25) is 0 Å². The van der Waals surface area contributed by atoms with E-state index in [2.05, 4.69) is 147 Å². The molecule has 0 amide bonds. The minimum Gasteiger partial charge on any atom is -0.264 e. The topological polar surface area (TPSA) is 25.8 Å². The third-order valence-corrected chi connectivity index (χ3v) is 9.10. The van der Waals surface area contributed by atoms with Gasteiger partial charge in [-0.2, -0.15) is 0 Å². The van der Waals surface area contributed by atoms with E-state index in [1.165, 1.54) is 60.1 Å². The van der Waals surface area contributed by atoms with Crippen LogP contribution in [0.5, 0.6) is 0 Å². The Labute approximate surface area is 270 Å². The third-order valence-electron chi connectivity index (χ3n) is 9.10. The number of pyridine rings is 2. The van der Waals surface area contributed by atoms with Crippen molar-refractivity contribution in [2.75, 3.05) is 0 Å². The Balaban J connectivity index is 1.30. The number of hydrogen-bond acceptors (Lipinski definition) is 2. The Morgan fingerprint density at radius 3 is 1.57 bits per heavy atom. The fourth-order valence-electron chi connectivity index (χ4n) is 6.72. The molecule has 0 fully saturated rings. The first-order valence-corrected chi connectivity index (χ1v) is 15.9. The molecule has 6 aromatic carbocycles. The first-order valence-electron chi connectivity index (χ1n) is 15.9. The zero-order valence-electron chi connectivity index (χ0n) is 26.3. The van der Waals surface area contributed by atoms with Crippen LogP contribution in [0.4, 0.5) is 0 Å². The lowest BCUT2D eigenvalue weighted by Crippen LogP contribution is -2.10. The van der Waals surface area contributed by atoms with E-state index < -0.39 is 0 Å². The van der Waals surface area contributed by atoms with Gasteiger partial charge in [-0.1, -0.05) is 124 Å². The van der Waals surface area contributed by atoms with Crippen molar-refractivity contribution < 1.29 is 0 Å². The number of aromatic nitrogens is 2. The van der Waals surface area contributed by atoms with E-state index in [1.54, 1.807) is 6.20 Å². The molecule has 0 aliphatic rings. The normalized spacial score (nSPS) is 11.8. The maximum atomic E-state index is 5.00. The Morgan fingerprint density at radius 1 is 0.435 bits per heavy atom. The molecule has 0 unspecified atom stereocenters. The fourth-order valence-corrected chi connectivity index (χ4v) is 6.72. The molecule has 0 N–H and O–H groups in total. The van der Waals surface area contributed by atoms with Gasteiger partial charge in [-0.15, -0.1) is 0 Å². The van der Waals surface area contributed by atoms with E-state index in [0.29, 0.717) is 0 Å². The van der Waals surface area contributed by atoms with E-state index in [1.807, 2.05) is 24.4 Å². The van der Waals surface area contributed by atoms with Gasteiger partial charge >= 0.3 is 0 Å². The summed E-state index contributed by atoms with van der Waals surface area (Å²) in [6, 6.07) is 50.6. The van der Waals surface area contributed by atoms with Crippen molar-refractivity contribution in [1.29, 1.82) is 0 Å². The standard InChI is InChI=1S/C44H34N2/c1-44(2,3)35-23-21-30(22-24-35)42-36-11-4-6-13-38(36)43(39-14-7-5-12-37(39)42)32-20-18-29-17-19-31(26-34(29)27-32)40-15-8-16-41(46-40)33-10-9-25-45-28-33/h4-28H,1-3H3. The molecule has 0 bridgehead atoms. The molecule has 0 atom stereocenters. The number of fused-ring (bicyclic) bond motifs is 3. The molecule has 0 aliphatic heterocycles. The van der Waals surface area contributed by atoms with E-state index in [-0.39, 0.29) is 5.41 Å². The van der Waals surface area contributed by atoms with Gasteiger partial charge in [0.15, 0.2) is 0 Å². The minimum atomic E-state index is 0.112. The summed E-state index contributed by atoms with van der Waals surface area (Å²) in [6.45, 7) is 6.80. The second-order valence-electron chi connectivity index (χ2n) is 13.1. The summed E-state index contributed by atoms with van der Waals surface area (Å²) in [5.41, 5.74) is 10.5. The molecule has 0 spiro atoms. The second kappa shape index (κ2) is 11.1. The molecule has 220 valence electrons. The van der Waals surface area contributed by atoms with Gasteiger partial charge in [-0.25, -0.2) is 4.98 Å². The van der Waals surface area contributed by atoms with Crippen LogP contribution >= 0.6 is 0 Å². The number of rotatable bonds is 4. The van der Waals surface area contributed by atoms with Crippen LogP contribution in [0.25, 0.3) is 77.1 Å². The van der Waals surface area contributed by atoms with Crippen molar-refractivity contribution in [2.45, 2.75) is 26.2 Å². The van der Waals surface area contributed by atoms with Gasteiger partial charge in [0.25, 0.3) is 0 Å². The van der Waals surface area contributed by atoms with E-state index in [4.69, 9.17) is 4.98 Å². The Hall–Kier alpha value is -5.60. The number of benzene rings is 6. The molecule has 8 rings (SSSR count). The van der Waals surface area contributed by atoms with Crippen molar-refractivity contribution in [3.05, 3.63) is 157 Å². The van der Waals surface area contributed by atoms with Crippen LogP contribution in [0, 0.1) is 0 Å². The van der Waals surface area contributed by atoms with E-state index >= 15 is 0 Å². The molecule has 46 heavy (non-hydrogen) atoms. The second-order valence-corrected chi connectivity index (χ2v) is 13.1. The predicted molar refractivity (Wildman–Crippen MR) is 195 cm³/mol. The van der Waals surface area contributed by atoms with Gasteiger partial charge in [0.1, 0.15) is 0 Å². The average Bonchev–Trinajstić information content (AvgIpc) is 3.10. The Bertz CT molecular complexity index is 2320. The molecule has 0 saturated heterocycles. The summed E-state index contributed by atoms with van der Waals surface area (Å²) in [5.74, 6) is 0. The highest BCUT2D eigenvalue weighted by Crippen LogP contribution is 2.44. The predicted octanol–water partition coefficient (Wildman–Crippen LogP) is 11.9. The minimum absolute atomic E-state index is 0.112. The van der Waals surface area contributed by atoms with Crippen molar-refractivity contribution in [2.24, 2.45) is 0 Å². The van der Waals surface area contributed by atoms with Gasteiger partial charge < -0.3 is 0 Å². The zero-order valence-corrected chi connectivity index (χ0v) is 26.3. The maximum absolute atomic E-state index is 5.00. The highest BCUT2D eigenvalue weighted by atomic mass is 14.7. The monoisotopic (exact) mass is 590 g/mol. The molecule has 2 nitrogen and oxygen atoms in total. The van der Waals surface area contributed by atoms with Gasteiger partial charge in [0.05, 0.1) is 11.4 Å². The summed E-state index contributed by atoms with van der Waals surface area (Å²) in [4.78, 5) is 9.28. The molecule has 8 aromatic rings. The van der Waals surface area contributed by atoms with Gasteiger partial charge in [-0.05, 0) is 102 Å². The highest BCUT2D eigenvalue weighted by Gasteiger charge is 2.18. The Kier molecular flexibility index (Phi) is 6.73. The van der Waals surface area contributed by atoms with Crippen molar-refractivity contribution in [3.63, 3.8) is 0 Å². The Morgan fingerprint density at radius 2 is 0.978 bits per heavy atom. The quantitative estimate of drug-likeness (QED) is 0.191. The molecular formula is C44H34N2. The van der Waals surface area contributed by atoms with Crippen LogP contribution in [-0.4, -0.2) is 9.97 Å². The summed E-state index contributed by atoms with van der Waals surface area (Å²) < 4.78 is 0. The highest BCUT2D eigenvalue weighted by molar-refractivity contribution is 6.21. The molecule has 0 radical (unpaired) electrons. The molecule has 2 heteroatoms. The summed E-state index contributed by atoms with van der Waals surface area (Å²) in [5, 5.41) is 7.46. The summed E-state index contributed by atoms with van der Waals surface area (Å²) in [7, 11) is 0. The summed E-state index contributed by atoms with van der Waals surface area (Å²) in [6.07, 6.45) is 3.65. The van der Waals surface area contributed by atoms with Gasteiger partial charge in [0.2, 0.25) is 0 Å². The van der Waals surface area contributed by atoms with Crippen LogP contribution in [0.3, 0.4) is 0 Å².